The van der Waals surface area contributed by atoms with Crippen molar-refractivity contribution in [2.45, 2.75) is 25.8 Å². The first-order valence-electron chi connectivity index (χ1n) is 9.07. The Morgan fingerprint density at radius 2 is 1.92 bits per heavy atom. The van der Waals surface area contributed by atoms with Gasteiger partial charge in [0.15, 0.2) is 5.96 Å². The standard InChI is InChI=1S/C21H28N4/c1-22-21(23-13-12-17-7-4-3-5-8-17)24-16-18-10-11-20-19(15-18)9-6-14-25(20)2/h3-5,7-8,10-11,15H,6,9,12-14,16H2,1-2H3,(H2,22,23,24). The lowest BCUT2D eigenvalue weighted by Crippen LogP contribution is -2.37. The summed E-state index contributed by atoms with van der Waals surface area (Å²) in [5, 5.41) is 6.80. The van der Waals surface area contributed by atoms with Gasteiger partial charge >= 0.3 is 0 Å². The topological polar surface area (TPSA) is 39.7 Å². The van der Waals surface area contributed by atoms with Crippen molar-refractivity contribution in [1.82, 2.24) is 10.6 Å². The minimum absolute atomic E-state index is 0.794. The molecule has 0 aromatic heterocycles. The number of hydrogen-bond donors (Lipinski definition) is 2. The highest BCUT2D eigenvalue weighted by atomic mass is 15.2. The van der Waals surface area contributed by atoms with E-state index in [0.29, 0.717) is 0 Å². The smallest absolute Gasteiger partial charge is 0.191 e. The highest BCUT2D eigenvalue weighted by molar-refractivity contribution is 5.79. The van der Waals surface area contributed by atoms with E-state index in [1.807, 2.05) is 13.1 Å². The van der Waals surface area contributed by atoms with Crippen molar-refractivity contribution in [3.63, 3.8) is 0 Å². The molecule has 0 amide bonds. The van der Waals surface area contributed by atoms with Crippen LogP contribution in [0.2, 0.25) is 0 Å². The molecule has 0 fully saturated rings. The third kappa shape index (κ3) is 4.75. The Balaban J connectivity index is 1.49. The summed E-state index contributed by atoms with van der Waals surface area (Å²) in [6.07, 6.45) is 3.41. The first-order chi connectivity index (χ1) is 12.3. The van der Waals surface area contributed by atoms with Crippen molar-refractivity contribution in [3.05, 3.63) is 65.2 Å². The van der Waals surface area contributed by atoms with Crippen molar-refractivity contribution in [3.8, 4) is 0 Å². The summed E-state index contributed by atoms with van der Waals surface area (Å²) >= 11 is 0. The van der Waals surface area contributed by atoms with E-state index in [0.717, 1.165) is 32.0 Å². The molecule has 4 nitrogen and oxygen atoms in total. The molecule has 25 heavy (non-hydrogen) atoms. The van der Waals surface area contributed by atoms with Crippen molar-refractivity contribution < 1.29 is 0 Å². The Labute approximate surface area is 151 Å². The Kier molecular flexibility index (Phi) is 5.94. The lowest BCUT2D eigenvalue weighted by Gasteiger charge is -2.28. The Morgan fingerprint density at radius 3 is 2.72 bits per heavy atom. The number of guanidine groups is 1. The molecular formula is C21H28N4. The van der Waals surface area contributed by atoms with Gasteiger partial charge in [0, 0.05) is 39.4 Å². The van der Waals surface area contributed by atoms with Gasteiger partial charge in [-0.2, -0.15) is 0 Å². The highest BCUT2D eigenvalue weighted by Gasteiger charge is 2.13. The van der Waals surface area contributed by atoms with Crippen LogP contribution in [0.15, 0.2) is 53.5 Å². The van der Waals surface area contributed by atoms with Gasteiger partial charge in [-0.3, -0.25) is 4.99 Å². The predicted octanol–water partition coefficient (Wildman–Crippen LogP) is 2.98. The average Bonchev–Trinajstić information content (AvgIpc) is 2.65. The molecule has 1 aliphatic rings. The van der Waals surface area contributed by atoms with Crippen molar-refractivity contribution in [2.75, 3.05) is 32.1 Å². The van der Waals surface area contributed by atoms with E-state index in [9.17, 15) is 0 Å². The number of nitrogens with one attached hydrogen (secondary N) is 2. The molecule has 2 aromatic carbocycles. The number of rotatable bonds is 5. The predicted molar refractivity (Wildman–Crippen MR) is 106 cm³/mol. The van der Waals surface area contributed by atoms with E-state index in [-0.39, 0.29) is 0 Å². The Morgan fingerprint density at radius 1 is 1.08 bits per heavy atom. The Bertz CT molecular complexity index is 709. The van der Waals surface area contributed by atoms with Gasteiger partial charge in [-0.1, -0.05) is 42.5 Å². The van der Waals surface area contributed by atoms with Crippen LogP contribution in [-0.4, -0.2) is 33.1 Å². The summed E-state index contributed by atoms with van der Waals surface area (Å²) in [5.74, 6) is 0.853. The van der Waals surface area contributed by atoms with E-state index in [1.54, 1.807) is 0 Å². The molecule has 0 radical (unpaired) electrons. The second-order valence-corrected chi connectivity index (χ2v) is 6.58. The SMILES string of the molecule is CN=C(NCCc1ccccc1)NCc1ccc2c(c1)CCCN2C. The maximum Gasteiger partial charge on any atom is 0.191 e. The second-order valence-electron chi connectivity index (χ2n) is 6.58. The van der Waals surface area contributed by atoms with Crippen molar-refractivity contribution in [1.29, 1.82) is 0 Å². The Hall–Kier alpha value is -2.49. The number of aliphatic imine (C=N–C) groups is 1. The molecule has 0 aliphatic carbocycles. The first-order valence-corrected chi connectivity index (χ1v) is 9.07. The van der Waals surface area contributed by atoms with E-state index < -0.39 is 0 Å². The lowest BCUT2D eigenvalue weighted by atomic mass is 9.99. The molecule has 0 bridgehead atoms. The van der Waals surface area contributed by atoms with Crippen LogP contribution in [0.5, 0.6) is 0 Å². The molecule has 1 aliphatic heterocycles. The minimum Gasteiger partial charge on any atom is -0.374 e. The van der Waals surface area contributed by atoms with Gasteiger partial charge in [-0.15, -0.1) is 0 Å². The molecule has 3 rings (SSSR count). The van der Waals surface area contributed by atoms with Gasteiger partial charge in [0.05, 0.1) is 0 Å². The van der Waals surface area contributed by atoms with E-state index >= 15 is 0 Å². The molecule has 2 N–H and O–H groups in total. The average molecular weight is 336 g/mol. The van der Waals surface area contributed by atoms with Crippen LogP contribution in [0.4, 0.5) is 5.69 Å². The van der Waals surface area contributed by atoms with Crippen LogP contribution in [0.3, 0.4) is 0 Å². The zero-order chi connectivity index (χ0) is 17.5. The van der Waals surface area contributed by atoms with Gasteiger partial charge < -0.3 is 15.5 Å². The van der Waals surface area contributed by atoms with Gasteiger partial charge in [0.2, 0.25) is 0 Å². The van der Waals surface area contributed by atoms with Crippen LogP contribution in [0.25, 0.3) is 0 Å². The number of hydrogen-bond acceptors (Lipinski definition) is 2. The fourth-order valence-electron chi connectivity index (χ4n) is 3.32. The number of aryl methyl sites for hydroxylation is 1. The molecule has 0 saturated heterocycles. The summed E-state index contributed by atoms with van der Waals surface area (Å²) in [6, 6.07) is 17.3. The van der Waals surface area contributed by atoms with E-state index in [1.165, 1.54) is 35.2 Å². The first kappa shape index (κ1) is 17.3. The molecule has 0 spiro atoms. The number of anilines is 1. The lowest BCUT2D eigenvalue weighted by molar-refractivity contribution is 0.740. The van der Waals surface area contributed by atoms with E-state index in [2.05, 4.69) is 70.0 Å². The third-order valence-corrected chi connectivity index (χ3v) is 4.73. The summed E-state index contributed by atoms with van der Waals surface area (Å²) in [6.45, 7) is 2.82. The largest absolute Gasteiger partial charge is 0.374 e. The molecule has 1 heterocycles. The summed E-state index contributed by atoms with van der Waals surface area (Å²) in [7, 11) is 3.99. The fourth-order valence-corrected chi connectivity index (χ4v) is 3.32. The zero-order valence-corrected chi connectivity index (χ0v) is 15.3. The van der Waals surface area contributed by atoms with Crippen LogP contribution < -0.4 is 15.5 Å². The molecule has 2 aromatic rings. The van der Waals surface area contributed by atoms with Gasteiger partial charge in [-0.05, 0) is 42.0 Å². The van der Waals surface area contributed by atoms with Gasteiger partial charge in [0.1, 0.15) is 0 Å². The maximum absolute atomic E-state index is 4.32. The van der Waals surface area contributed by atoms with Gasteiger partial charge in [0.25, 0.3) is 0 Å². The molecular weight excluding hydrogens is 308 g/mol. The molecule has 0 saturated carbocycles. The minimum atomic E-state index is 0.794. The van der Waals surface area contributed by atoms with Crippen LogP contribution >= 0.6 is 0 Å². The molecule has 4 heteroatoms. The van der Waals surface area contributed by atoms with Crippen molar-refractivity contribution >= 4 is 11.6 Å². The van der Waals surface area contributed by atoms with Crippen LogP contribution in [0, 0.1) is 0 Å². The van der Waals surface area contributed by atoms with Crippen LogP contribution in [0.1, 0.15) is 23.1 Å². The second kappa shape index (κ2) is 8.56. The summed E-state index contributed by atoms with van der Waals surface area (Å²) < 4.78 is 0. The normalized spacial score (nSPS) is 14.2. The maximum atomic E-state index is 4.32. The monoisotopic (exact) mass is 336 g/mol. The zero-order valence-electron chi connectivity index (χ0n) is 15.3. The van der Waals surface area contributed by atoms with E-state index in [4.69, 9.17) is 0 Å². The molecule has 132 valence electrons. The van der Waals surface area contributed by atoms with Gasteiger partial charge in [-0.25, -0.2) is 0 Å². The molecule has 0 unspecified atom stereocenters. The summed E-state index contributed by atoms with van der Waals surface area (Å²) in [4.78, 5) is 6.67. The number of fused-ring (bicyclic) bond motifs is 1. The van der Waals surface area contributed by atoms with Crippen molar-refractivity contribution in [2.24, 2.45) is 4.99 Å². The third-order valence-electron chi connectivity index (χ3n) is 4.73. The fraction of sp³-hybridized carbons (Fsp3) is 0.381. The summed E-state index contributed by atoms with van der Waals surface area (Å²) in [5.41, 5.74) is 5.48. The number of nitrogens with zero attached hydrogens (tertiary/aromatic N) is 2. The molecule has 0 atom stereocenters. The number of benzene rings is 2. The van der Waals surface area contributed by atoms with Crippen LogP contribution in [-0.2, 0) is 19.4 Å². The highest BCUT2D eigenvalue weighted by Crippen LogP contribution is 2.26. The quantitative estimate of drug-likeness (QED) is 0.651.